The molecule has 24 heteroatoms. The van der Waals surface area contributed by atoms with E-state index in [0.717, 1.165) is 26.2 Å². The second-order valence-corrected chi connectivity index (χ2v) is 22.2. The molecule has 3 aliphatic heterocycles. The number of anilines is 3. The van der Waals surface area contributed by atoms with Crippen LogP contribution in [0.1, 0.15) is 41.0 Å². The van der Waals surface area contributed by atoms with Gasteiger partial charge in [-0.05, 0) is 107 Å². The van der Waals surface area contributed by atoms with Gasteiger partial charge < -0.3 is 43.3 Å². The Morgan fingerprint density at radius 3 is 1.29 bits per heavy atom. The molecule has 3 aliphatic rings. The third-order valence-electron chi connectivity index (χ3n) is 15.4. The minimum absolute atomic E-state index is 0.0186. The maximum Gasteiger partial charge on any atom is 0.258 e. The normalized spacial score (nSPS) is 14.2. The van der Waals surface area contributed by atoms with E-state index in [1.807, 2.05) is 21.7 Å². The first-order valence-corrected chi connectivity index (χ1v) is 30.4. The van der Waals surface area contributed by atoms with Crippen molar-refractivity contribution in [2.75, 3.05) is 107 Å². The first-order chi connectivity index (χ1) is 44.9. The summed E-state index contributed by atoms with van der Waals surface area (Å²) in [5.74, 6) is -0.0413. The molecule has 0 aliphatic carbocycles. The third kappa shape index (κ3) is 17.4. The molecule has 18 nitrogen and oxygen atoms in total. The van der Waals surface area contributed by atoms with Gasteiger partial charge in [0.2, 0.25) is 0 Å². The molecule has 9 aromatic rings. The van der Waals surface area contributed by atoms with Gasteiger partial charge in [-0.2, -0.15) is 0 Å². The Morgan fingerprint density at radius 1 is 0.430 bits per heavy atom. The number of aromatic nitrogens is 6. The lowest BCUT2D eigenvalue weighted by Gasteiger charge is -2.34. The van der Waals surface area contributed by atoms with Crippen LogP contribution < -0.4 is 45.6 Å². The molecule has 12 rings (SSSR count). The van der Waals surface area contributed by atoms with Crippen LogP contribution in [0.15, 0.2) is 160 Å². The lowest BCUT2D eigenvalue weighted by Crippen LogP contribution is -2.44. The van der Waals surface area contributed by atoms with Gasteiger partial charge in [0.1, 0.15) is 77.0 Å². The fourth-order valence-corrected chi connectivity index (χ4v) is 10.9. The summed E-state index contributed by atoms with van der Waals surface area (Å²) in [5, 5.41) is 0. The van der Waals surface area contributed by atoms with Crippen molar-refractivity contribution in [1.29, 1.82) is 0 Å². The van der Waals surface area contributed by atoms with Crippen LogP contribution in [-0.4, -0.2) is 126 Å². The van der Waals surface area contributed by atoms with Gasteiger partial charge in [0.25, 0.3) is 16.7 Å². The SMILES string of the molecule is Cc1cc(=O)n(-c2ccc(N3CCN(C)CC3)c(F)c2)c(COc2cccc(F)c2)n1.Cc1cc(=O)n(-c2ccc(N3CCOCC3)c(F)c2)c(CCCOc2cccc(F)c2)n1.Cc1nc(COc2cccc(F)c2)cc(=O)n1-c1ccc(N2CCOCC2)c(F)c1. The second kappa shape index (κ2) is 31.0. The van der Waals surface area contributed by atoms with Gasteiger partial charge in [0.15, 0.2) is 5.82 Å². The summed E-state index contributed by atoms with van der Waals surface area (Å²) in [7, 11) is 2.04. The Labute approximate surface area is 533 Å². The summed E-state index contributed by atoms with van der Waals surface area (Å²) in [5.41, 5.74) is 3.27. The van der Waals surface area contributed by atoms with Crippen molar-refractivity contribution in [3.8, 4) is 34.3 Å². The lowest BCUT2D eigenvalue weighted by atomic mass is 10.2. The zero-order chi connectivity index (χ0) is 65.5. The second-order valence-electron chi connectivity index (χ2n) is 22.2. The van der Waals surface area contributed by atoms with E-state index in [2.05, 4.69) is 19.9 Å². The van der Waals surface area contributed by atoms with E-state index in [1.165, 1.54) is 98.6 Å². The molecule has 0 spiro atoms. The summed E-state index contributed by atoms with van der Waals surface area (Å²) in [6.07, 6.45) is 1.000. The van der Waals surface area contributed by atoms with Gasteiger partial charge in [-0.25, -0.2) is 41.3 Å². The highest BCUT2D eigenvalue weighted by Crippen LogP contribution is 2.28. The number of hydrogen-bond donors (Lipinski definition) is 0. The number of rotatable bonds is 17. The van der Waals surface area contributed by atoms with Crippen LogP contribution in [0.25, 0.3) is 17.1 Å². The first kappa shape index (κ1) is 66.2. The quantitative estimate of drug-likeness (QED) is 0.0625. The molecular formula is C69H70F6N10O8. The molecule has 0 N–H and O–H groups in total. The van der Waals surface area contributed by atoms with Crippen LogP contribution in [0.5, 0.6) is 17.2 Å². The van der Waals surface area contributed by atoms with Crippen molar-refractivity contribution in [2.45, 2.75) is 46.8 Å². The average molecular weight is 1280 g/mol. The van der Waals surface area contributed by atoms with Crippen molar-refractivity contribution in [1.82, 2.24) is 33.6 Å². The molecule has 0 atom stereocenters. The molecule has 0 radical (unpaired) electrons. The van der Waals surface area contributed by atoms with Crippen LogP contribution >= 0.6 is 0 Å². The first-order valence-electron chi connectivity index (χ1n) is 30.4. The Morgan fingerprint density at radius 2 is 0.839 bits per heavy atom. The smallest absolute Gasteiger partial charge is 0.258 e. The Kier molecular flexibility index (Phi) is 22.1. The Hall–Kier alpha value is -9.78. The van der Waals surface area contributed by atoms with Gasteiger partial charge >= 0.3 is 0 Å². The van der Waals surface area contributed by atoms with E-state index >= 15 is 0 Å². The summed E-state index contributed by atoms with van der Waals surface area (Å²) >= 11 is 0. The number of morpholine rings is 2. The van der Waals surface area contributed by atoms with Crippen molar-refractivity contribution < 1.29 is 50.0 Å². The van der Waals surface area contributed by atoms with Crippen LogP contribution in [0.4, 0.5) is 43.4 Å². The average Bonchev–Trinajstić information content (AvgIpc) is 0.845. The standard InChI is InChI=1S/C24H25F2N3O3.C23H24F2N4O2.C22H21F2N3O3/c1-17-14-24(30)29(19-7-8-22(21(26)16-19)28-9-12-31-13-10-28)23(27-17)6-3-11-32-20-5-2-4-18(25)15-20;1-16-12-23(30)29(22(26-16)15-31-19-5-3-4-17(24)13-19)18-6-7-21(20(25)14-18)28-10-8-27(2)9-11-28;1-15-25-17(14-30-19-4-2-3-16(23)11-19)12-22(28)27(15)18-5-6-21(20(24)13-18)26-7-9-29-10-8-26/h2,4-5,7-8,14-16H,3,6,9-13H2,1H3;3-7,12-14H,8-11,15H2,1-2H3;2-6,11-13H,7-10,14H2,1H3. The predicted molar refractivity (Wildman–Crippen MR) is 341 cm³/mol. The highest BCUT2D eigenvalue weighted by Gasteiger charge is 2.22. The molecule has 3 fully saturated rings. The van der Waals surface area contributed by atoms with E-state index in [0.29, 0.717) is 158 Å². The van der Waals surface area contributed by atoms with E-state index in [-0.39, 0.29) is 35.7 Å². The van der Waals surface area contributed by atoms with E-state index in [1.54, 1.807) is 81.4 Å². The predicted octanol–water partition coefficient (Wildman–Crippen LogP) is 10.1. The molecule has 486 valence electrons. The van der Waals surface area contributed by atoms with Crippen molar-refractivity contribution in [2.24, 2.45) is 0 Å². The van der Waals surface area contributed by atoms with Crippen LogP contribution in [-0.2, 0) is 29.1 Å². The van der Waals surface area contributed by atoms with E-state index in [4.69, 9.17) is 23.7 Å². The molecule has 6 aromatic carbocycles. The number of ether oxygens (including phenoxy) is 5. The number of halogens is 6. The number of nitrogens with zero attached hydrogens (tertiary/aromatic N) is 10. The topological polar surface area (TPSA) is 164 Å². The molecule has 3 aromatic heterocycles. The van der Waals surface area contributed by atoms with Gasteiger partial charge in [0.05, 0.1) is 72.9 Å². The highest BCUT2D eigenvalue weighted by molar-refractivity contribution is 5.55. The summed E-state index contributed by atoms with van der Waals surface area (Å²) < 4.78 is 116. The van der Waals surface area contributed by atoms with Gasteiger partial charge in [0, 0.05) is 125 Å². The zero-order valence-electron chi connectivity index (χ0n) is 51.9. The maximum atomic E-state index is 15.0. The minimum Gasteiger partial charge on any atom is -0.493 e. The number of likely N-dealkylation sites (N-methyl/N-ethyl adjacent to an activating group) is 1. The van der Waals surface area contributed by atoms with Gasteiger partial charge in [-0.15, -0.1) is 0 Å². The number of aryl methyl sites for hydroxylation is 4. The molecule has 93 heavy (non-hydrogen) atoms. The molecule has 0 amide bonds. The molecule has 0 bridgehead atoms. The van der Waals surface area contributed by atoms with Crippen LogP contribution in [0.3, 0.4) is 0 Å². The molecule has 6 heterocycles. The Bertz CT molecular complexity index is 4250. The maximum absolute atomic E-state index is 15.0. The van der Waals surface area contributed by atoms with Gasteiger partial charge in [-0.3, -0.25) is 28.1 Å². The fourth-order valence-electron chi connectivity index (χ4n) is 10.9. The van der Waals surface area contributed by atoms with Crippen LogP contribution in [0.2, 0.25) is 0 Å². The van der Waals surface area contributed by atoms with Crippen molar-refractivity contribution in [3.05, 3.63) is 246 Å². The van der Waals surface area contributed by atoms with Crippen LogP contribution in [0, 0.1) is 55.7 Å². The van der Waals surface area contributed by atoms with E-state index < -0.39 is 29.1 Å². The monoisotopic (exact) mass is 1280 g/mol. The molecule has 3 saturated heterocycles. The molecule has 0 unspecified atom stereocenters. The number of hydrogen-bond acceptors (Lipinski definition) is 15. The molecule has 0 saturated carbocycles. The third-order valence-corrected chi connectivity index (χ3v) is 15.4. The lowest BCUT2D eigenvalue weighted by molar-refractivity contribution is 0.122. The highest BCUT2D eigenvalue weighted by atomic mass is 19.1. The summed E-state index contributed by atoms with van der Waals surface area (Å²) in [6, 6.07) is 35.8. The largest absolute Gasteiger partial charge is 0.493 e. The fraction of sp³-hybridized carbons (Fsp3) is 0.304. The molecular weight excluding hydrogens is 1210 g/mol. The van der Waals surface area contributed by atoms with Crippen molar-refractivity contribution >= 4 is 17.1 Å². The Balaban J connectivity index is 0.000000153. The van der Waals surface area contributed by atoms with Gasteiger partial charge in [-0.1, -0.05) is 18.2 Å². The number of benzene rings is 6. The number of piperazine rings is 1. The summed E-state index contributed by atoms with van der Waals surface area (Å²) in [6.45, 7) is 13.3. The zero-order valence-corrected chi connectivity index (χ0v) is 51.9. The van der Waals surface area contributed by atoms with E-state index in [9.17, 15) is 40.7 Å². The summed E-state index contributed by atoms with van der Waals surface area (Å²) in [4.78, 5) is 59.5. The minimum atomic E-state index is -0.423. The van der Waals surface area contributed by atoms with Crippen molar-refractivity contribution in [3.63, 3.8) is 0 Å².